The van der Waals surface area contributed by atoms with E-state index in [1.165, 1.54) is 0 Å². The Bertz CT molecular complexity index is 399. The van der Waals surface area contributed by atoms with Crippen LogP contribution < -0.4 is 0 Å². The summed E-state index contributed by atoms with van der Waals surface area (Å²) in [7, 11) is 0. The van der Waals surface area contributed by atoms with Gasteiger partial charge in [0.05, 0.1) is 35.8 Å². The van der Waals surface area contributed by atoms with Gasteiger partial charge >= 0.3 is 11.9 Å². The van der Waals surface area contributed by atoms with Crippen molar-refractivity contribution in [2.75, 3.05) is 13.2 Å². The fourth-order valence-electron chi connectivity index (χ4n) is 0.935. The van der Waals surface area contributed by atoms with Crippen molar-refractivity contribution >= 4 is 11.9 Å². The summed E-state index contributed by atoms with van der Waals surface area (Å²) in [5, 5.41) is 17.5. The highest BCUT2D eigenvalue weighted by Gasteiger charge is 2.21. The predicted octanol–water partition coefficient (Wildman–Crippen LogP) is 1.95. The van der Waals surface area contributed by atoms with Gasteiger partial charge in [-0.1, -0.05) is 0 Å². The summed E-state index contributed by atoms with van der Waals surface area (Å²) < 4.78 is 9.79. The Morgan fingerprint density at radius 2 is 1.15 bits per heavy atom. The molecule has 0 saturated carbocycles. The van der Waals surface area contributed by atoms with E-state index in [1.54, 1.807) is 27.7 Å². The Morgan fingerprint density at radius 1 is 0.850 bits per heavy atom. The minimum Gasteiger partial charge on any atom is -0.464 e. The molecule has 6 heteroatoms. The summed E-state index contributed by atoms with van der Waals surface area (Å²) >= 11 is 0. The molecule has 0 aliphatic heterocycles. The molecule has 0 amide bonds. The molecule has 0 atom stereocenters. The van der Waals surface area contributed by atoms with E-state index >= 15 is 0 Å². The molecule has 0 aliphatic carbocycles. The Hall–Kier alpha value is -2.08. The first kappa shape index (κ1) is 17.9. The summed E-state index contributed by atoms with van der Waals surface area (Å²) in [6.45, 7) is 6.58. The van der Waals surface area contributed by atoms with Gasteiger partial charge in [0.2, 0.25) is 0 Å². The number of rotatable bonds is 7. The van der Waals surface area contributed by atoms with Crippen molar-refractivity contribution in [2.24, 2.45) is 10.8 Å². The average Bonchev–Trinajstić information content (AvgIpc) is 2.40. The zero-order chi connectivity index (χ0) is 15.8. The first-order valence-electron chi connectivity index (χ1n) is 6.26. The van der Waals surface area contributed by atoms with Gasteiger partial charge in [-0.2, -0.15) is 10.5 Å². The lowest BCUT2D eigenvalue weighted by molar-refractivity contribution is -0.152. The number of hydrogen-bond acceptors (Lipinski definition) is 6. The predicted molar refractivity (Wildman–Crippen MR) is 69.9 cm³/mol. The number of carbonyl (C=O) groups is 2. The van der Waals surface area contributed by atoms with Crippen molar-refractivity contribution in [3.05, 3.63) is 0 Å². The SMILES string of the molecule is CC(C)(C#N)COC(=O)CCC(=O)OCC(C)(C)C#N. The second-order valence-electron chi connectivity index (χ2n) is 5.81. The van der Waals surface area contributed by atoms with Crippen LogP contribution in [0, 0.1) is 33.5 Å². The van der Waals surface area contributed by atoms with E-state index in [4.69, 9.17) is 20.0 Å². The second-order valence-corrected chi connectivity index (χ2v) is 5.81. The normalized spacial score (nSPS) is 11.1. The smallest absolute Gasteiger partial charge is 0.306 e. The molecule has 0 unspecified atom stereocenters. The maximum atomic E-state index is 11.4. The molecule has 0 aromatic carbocycles. The van der Waals surface area contributed by atoms with Crippen molar-refractivity contribution in [2.45, 2.75) is 40.5 Å². The number of esters is 2. The summed E-state index contributed by atoms with van der Waals surface area (Å²) in [4.78, 5) is 22.8. The van der Waals surface area contributed by atoms with Gasteiger partial charge < -0.3 is 9.47 Å². The van der Waals surface area contributed by atoms with E-state index in [0.717, 1.165) is 0 Å². The Kier molecular flexibility index (Phi) is 6.72. The van der Waals surface area contributed by atoms with Crippen LogP contribution in [0.4, 0.5) is 0 Å². The molecule has 0 heterocycles. The van der Waals surface area contributed by atoms with E-state index < -0.39 is 22.8 Å². The lowest BCUT2D eigenvalue weighted by Crippen LogP contribution is -2.22. The molecular weight excluding hydrogens is 260 g/mol. The van der Waals surface area contributed by atoms with Crippen LogP contribution in [-0.4, -0.2) is 25.2 Å². The molecule has 0 aromatic rings. The number of hydrogen-bond donors (Lipinski definition) is 0. The summed E-state index contributed by atoms with van der Waals surface area (Å²) in [5.41, 5.74) is -1.49. The highest BCUT2D eigenvalue weighted by molar-refractivity contribution is 5.77. The minimum absolute atomic E-state index is 0.0150. The van der Waals surface area contributed by atoms with Gasteiger partial charge in [-0.3, -0.25) is 9.59 Å². The van der Waals surface area contributed by atoms with Crippen molar-refractivity contribution < 1.29 is 19.1 Å². The van der Waals surface area contributed by atoms with E-state index in [1.807, 2.05) is 12.1 Å². The molecule has 20 heavy (non-hydrogen) atoms. The van der Waals surface area contributed by atoms with Gasteiger partial charge in [-0.25, -0.2) is 0 Å². The van der Waals surface area contributed by atoms with E-state index in [-0.39, 0.29) is 26.1 Å². The molecule has 0 aliphatic rings. The maximum absolute atomic E-state index is 11.4. The molecule has 6 nitrogen and oxygen atoms in total. The largest absolute Gasteiger partial charge is 0.464 e. The van der Waals surface area contributed by atoms with Gasteiger partial charge in [-0.05, 0) is 27.7 Å². The van der Waals surface area contributed by atoms with Crippen LogP contribution in [0.3, 0.4) is 0 Å². The summed E-state index contributed by atoms with van der Waals surface area (Å²) in [6.07, 6.45) is -0.208. The third-order valence-electron chi connectivity index (χ3n) is 2.33. The molecule has 0 N–H and O–H groups in total. The molecule has 0 radical (unpaired) electrons. The third kappa shape index (κ3) is 8.10. The first-order chi connectivity index (χ1) is 9.12. The highest BCUT2D eigenvalue weighted by atomic mass is 16.5. The third-order valence-corrected chi connectivity index (χ3v) is 2.33. The fraction of sp³-hybridized carbons (Fsp3) is 0.714. The van der Waals surface area contributed by atoms with Crippen molar-refractivity contribution in [1.29, 1.82) is 10.5 Å². The van der Waals surface area contributed by atoms with Gasteiger partial charge in [0, 0.05) is 0 Å². The lowest BCUT2D eigenvalue weighted by Gasteiger charge is -2.16. The molecule has 0 bridgehead atoms. The van der Waals surface area contributed by atoms with Crippen LogP contribution in [0.5, 0.6) is 0 Å². The summed E-state index contributed by atoms with van der Waals surface area (Å²) in [6, 6.07) is 4.01. The second kappa shape index (κ2) is 7.49. The van der Waals surface area contributed by atoms with Crippen LogP contribution >= 0.6 is 0 Å². The van der Waals surface area contributed by atoms with E-state index in [2.05, 4.69) is 0 Å². The molecular formula is C14H20N2O4. The van der Waals surface area contributed by atoms with Crippen molar-refractivity contribution in [3.8, 4) is 12.1 Å². The monoisotopic (exact) mass is 280 g/mol. The quantitative estimate of drug-likeness (QED) is 0.661. The lowest BCUT2D eigenvalue weighted by atomic mass is 9.97. The van der Waals surface area contributed by atoms with E-state index in [0.29, 0.717) is 0 Å². The first-order valence-corrected chi connectivity index (χ1v) is 6.26. The Balaban J connectivity index is 3.95. The van der Waals surface area contributed by atoms with Gasteiger partial charge in [-0.15, -0.1) is 0 Å². The van der Waals surface area contributed by atoms with Gasteiger partial charge in [0.15, 0.2) is 0 Å². The number of nitriles is 2. The van der Waals surface area contributed by atoms with Crippen LogP contribution in [0.15, 0.2) is 0 Å². The zero-order valence-electron chi connectivity index (χ0n) is 12.4. The van der Waals surface area contributed by atoms with E-state index in [9.17, 15) is 9.59 Å². The average molecular weight is 280 g/mol. The topological polar surface area (TPSA) is 100 Å². The highest BCUT2D eigenvalue weighted by Crippen LogP contribution is 2.15. The number of nitrogens with zero attached hydrogens (tertiary/aromatic N) is 2. The van der Waals surface area contributed by atoms with Gasteiger partial charge in [0.25, 0.3) is 0 Å². The molecule has 110 valence electrons. The zero-order valence-corrected chi connectivity index (χ0v) is 12.4. The Labute approximate surface area is 119 Å². The number of ether oxygens (including phenoxy) is 2. The Morgan fingerprint density at radius 3 is 1.40 bits per heavy atom. The molecule has 0 fully saturated rings. The van der Waals surface area contributed by atoms with Crippen molar-refractivity contribution in [1.82, 2.24) is 0 Å². The van der Waals surface area contributed by atoms with Crippen LogP contribution in [0.25, 0.3) is 0 Å². The fourth-order valence-corrected chi connectivity index (χ4v) is 0.935. The number of carbonyl (C=O) groups excluding carboxylic acids is 2. The molecule has 0 rings (SSSR count). The maximum Gasteiger partial charge on any atom is 0.306 e. The van der Waals surface area contributed by atoms with Gasteiger partial charge in [0.1, 0.15) is 13.2 Å². The molecule has 0 spiro atoms. The van der Waals surface area contributed by atoms with Crippen LogP contribution in [0.2, 0.25) is 0 Å². The van der Waals surface area contributed by atoms with Crippen molar-refractivity contribution in [3.63, 3.8) is 0 Å². The molecule has 0 aromatic heterocycles. The van der Waals surface area contributed by atoms with Crippen LogP contribution in [0.1, 0.15) is 40.5 Å². The summed E-state index contributed by atoms with van der Waals surface area (Å²) in [5.74, 6) is -1.10. The van der Waals surface area contributed by atoms with Crippen LogP contribution in [-0.2, 0) is 19.1 Å². The standard InChI is InChI=1S/C14H20N2O4/c1-13(2,7-15)9-19-11(17)5-6-12(18)20-10-14(3,4)8-16/h5-6,9-10H2,1-4H3. The molecule has 0 saturated heterocycles. The minimum atomic E-state index is -0.743.